The summed E-state index contributed by atoms with van der Waals surface area (Å²) in [5.74, 6) is 0.710. The minimum absolute atomic E-state index is 0.0758. The van der Waals surface area contributed by atoms with Gasteiger partial charge in [0, 0.05) is 8.04 Å². The minimum Gasteiger partial charge on any atom is -0.497 e. The number of benzene rings is 2. The number of nitrogens with one attached hydrogen (secondary N) is 1. The summed E-state index contributed by atoms with van der Waals surface area (Å²) in [5, 5.41) is 3.00. The van der Waals surface area contributed by atoms with Gasteiger partial charge in [0.05, 0.1) is 18.7 Å². The molecule has 3 nitrogen and oxygen atoms in total. The fraction of sp³-hybridized carbons (Fsp3) is 0.188. The molecule has 1 N–H and O–H groups in total. The Hall–Kier alpha value is -1.08. The largest absolute Gasteiger partial charge is 0.497 e. The third-order valence-electron chi connectivity index (χ3n) is 3.14. The first-order valence-corrected chi connectivity index (χ1v) is 8.28. The molecule has 21 heavy (non-hydrogen) atoms. The van der Waals surface area contributed by atoms with Crippen LogP contribution in [0.4, 0.5) is 0 Å². The lowest BCUT2D eigenvalue weighted by Gasteiger charge is -2.15. The Morgan fingerprint density at radius 3 is 2.52 bits per heavy atom. The van der Waals surface area contributed by atoms with Crippen LogP contribution in [0.25, 0.3) is 0 Å². The Morgan fingerprint density at radius 2 is 1.90 bits per heavy atom. The first-order valence-electron chi connectivity index (χ1n) is 6.41. The Bertz CT molecular complexity index is 643. The normalized spacial score (nSPS) is 11.8. The molecule has 0 heterocycles. The number of carbonyl (C=O) groups is 1. The number of ether oxygens (including phenoxy) is 1. The molecule has 0 saturated carbocycles. The van der Waals surface area contributed by atoms with Gasteiger partial charge in [-0.25, -0.2) is 0 Å². The number of carbonyl (C=O) groups excluding carboxylic acids is 1. The van der Waals surface area contributed by atoms with Crippen molar-refractivity contribution in [2.24, 2.45) is 0 Å². The van der Waals surface area contributed by atoms with Gasteiger partial charge in [0.15, 0.2) is 0 Å². The van der Waals surface area contributed by atoms with Crippen LogP contribution < -0.4 is 10.1 Å². The van der Waals surface area contributed by atoms with Crippen LogP contribution in [-0.2, 0) is 0 Å². The van der Waals surface area contributed by atoms with E-state index in [9.17, 15) is 4.79 Å². The monoisotopic (exact) mass is 459 g/mol. The predicted molar refractivity (Wildman–Crippen MR) is 95.7 cm³/mol. The number of rotatable bonds is 4. The standard InChI is InChI=1S/C16H15BrINO2/c1-10(11-3-6-13(21-2)7-4-11)19-16(20)14-9-12(18)5-8-15(14)17/h3-10H,1-2H3,(H,19,20). The summed E-state index contributed by atoms with van der Waals surface area (Å²) in [6, 6.07) is 13.3. The second-order valence-electron chi connectivity index (χ2n) is 4.59. The van der Waals surface area contributed by atoms with Gasteiger partial charge in [-0.2, -0.15) is 0 Å². The average molecular weight is 460 g/mol. The highest BCUT2D eigenvalue weighted by molar-refractivity contribution is 14.1. The third-order valence-corrected chi connectivity index (χ3v) is 4.50. The van der Waals surface area contributed by atoms with Gasteiger partial charge < -0.3 is 10.1 Å². The van der Waals surface area contributed by atoms with Gasteiger partial charge in [0.25, 0.3) is 5.91 Å². The second kappa shape index (κ2) is 7.26. The molecule has 0 aliphatic carbocycles. The Labute approximate surface area is 146 Å². The van der Waals surface area contributed by atoms with E-state index in [1.807, 2.05) is 49.4 Å². The van der Waals surface area contributed by atoms with Crippen LogP contribution in [0.2, 0.25) is 0 Å². The van der Waals surface area contributed by atoms with Gasteiger partial charge in [-0.15, -0.1) is 0 Å². The van der Waals surface area contributed by atoms with Crippen molar-refractivity contribution in [3.05, 3.63) is 61.6 Å². The van der Waals surface area contributed by atoms with Crippen molar-refractivity contribution in [3.8, 4) is 5.75 Å². The maximum absolute atomic E-state index is 12.4. The van der Waals surface area contributed by atoms with Crippen LogP contribution in [0, 0.1) is 3.57 Å². The van der Waals surface area contributed by atoms with E-state index in [0.29, 0.717) is 5.56 Å². The summed E-state index contributed by atoms with van der Waals surface area (Å²) < 4.78 is 6.95. The van der Waals surface area contributed by atoms with Crippen LogP contribution in [0.1, 0.15) is 28.9 Å². The lowest BCUT2D eigenvalue weighted by molar-refractivity contribution is 0.0939. The quantitative estimate of drug-likeness (QED) is 0.681. The Kier molecular flexibility index (Phi) is 5.64. The van der Waals surface area contributed by atoms with E-state index in [4.69, 9.17) is 4.74 Å². The molecule has 0 aliphatic rings. The fourth-order valence-corrected chi connectivity index (χ4v) is 2.84. The molecule has 110 valence electrons. The van der Waals surface area contributed by atoms with E-state index >= 15 is 0 Å². The van der Waals surface area contributed by atoms with Gasteiger partial charge >= 0.3 is 0 Å². The van der Waals surface area contributed by atoms with Crippen molar-refractivity contribution in [1.29, 1.82) is 0 Å². The maximum Gasteiger partial charge on any atom is 0.252 e. The molecule has 1 amide bonds. The lowest BCUT2D eigenvalue weighted by atomic mass is 10.1. The Morgan fingerprint density at radius 1 is 1.24 bits per heavy atom. The van der Waals surface area contributed by atoms with E-state index in [-0.39, 0.29) is 11.9 Å². The molecule has 0 fully saturated rings. The predicted octanol–water partition coefficient (Wildman–Crippen LogP) is 4.55. The molecule has 5 heteroatoms. The number of halogens is 2. The SMILES string of the molecule is COc1ccc(C(C)NC(=O)c2cc(I)ccc2Br)cc1. The van der Waals surface area contributed by atoms with Crippen molar-refractivity contribution < 1.29 is 9.53 Å². The zero-order chi connectivity index (χ0) is 15.4. The van der Waals surface area contributed by atoms with Gasteiger partial charge in [0.1, 0.15) is 5.75 Å². The highest BCUT2D eigenvalue weighted by atomic mass is 127. The van der Waals surface area contributed by atoms with Crippen LogP contribution in [-0.4, -0.2) is 13.0 Å². The summed E-state index contributed by atoms with van der Waals surface area (Å²) in [6.07, 6.45) is 0. The molecule has 0 radical (unpaired) electrons. The highest BCUT2D eigenvalue weighted by Gasteiger charge is 2.14. The molecular formula is C16H15BrINO2. The van der Waals surface area contributed by atoms with Crippen LogP contribution in [0.15, 0.2) is 46.9 Å². The molecule has 0 saturated heterocycles. The topological polar surface area (TPSA) is 38.3 Å². The van der Waals surface area contributed by atoms with Crippen LogP contribution in [0.5, 0.6) is 5.75 Å². The van der Waals surface area contributed by atoms with E-state index < -0.39 is 0 Å². The number of amides is 1. The van der Waals surface area contributed by atoms with Crippen molar-refractivity contribution in [2.75, 3.05) is 7.11 Å². The highest BCUT2D eigenvalue weighted by Crippen LogP contribution is 2.22. The van der Waals surface area contributed by atoms with Crippen molar-refractivity contribution in [2.45, 2.75) is 13.0 Å². The summed E-state index contributed by atoms with van der Waals surface area (Å²) in [6.45, 7) is 1.96. The molecule has 1 unspecified atom stereocenters. The summed E-state index contributed by atoms with van der Waals surface area (Å²) in [7, 11) is 1.63. The van der Waals surface area contributed by atoms with E-state index in [1.54, 1.807) is 7.11 Å². The molecule has 2 rings (SSSR count). The molecule has 0 spiro atoms. The summed E-state index contributed by atoms with van der Waals surface area (Å²) >= 11 is 5.61. The van der Waals surface area contributed by atoms with Crippen molar-refractivity contribution >= 4 is 44.4 Å². The summed E-state index contributed by atoms with van der Waals surface area (Å²) in [5.41, 5.74) is 1.67. The average Bonchev–Trinajstić information content (AvgIpc) is 2.49. The van der Waals surface area contributed by atoms with Crippen LogP contribution in [0.3, 0.4) is 0 Å². The number of hydrogen-bond donors (Lipinski definition) is 1. The summed E-state index contributed by atoms with van der Waals surface area (Å²) in [4.78, 5) is 12.4. The zero-order valence-electron chi connectivity index (χ0n) is 11.7. The number of hydrogen-bond acceptors (Lipinski definition) is 2. The van der Waals surface area contributed by atoms with E-state index in [1.165, 1.54) is 0 Å². The maximum atomic E-state index is 12.4. The van der Waals surface area contributed by atoms with E-state index in [2.05, 4.69) is 43.8 Å². The second-order valence-corrected chi connectivity index (χ2v) is 6.69. The van der Waals surface area contributed by atoms with Gasteiger partial charge in [0.2, 0.25) is 0 Å². The molecule has 0 aromatic heterocycles. The third kappa shape index (κ3) is 4.20. The van der Waals surface area contributed by atoms with E-state index in [0.717, 1.165) is 19.4 Å². The van der Waals surface area contributed by atoms with Gasteiger partial charge in [-0.1, -0.05) is 12.1 Å². The van der Waals surface area contributed by atoms with Gasteiger partial charge in [-0.05, 0) is 81.3 Å². The zero-order valence-corrected chi connectivity index (χ0v) is 15.4. The molecule has 2 aromatic rings. The molecule has 1 atom stereocenters. The Balaban J connectivity index is 2.12. The van der Waals surface area contributed by atoms with Gasteiger partial charge in [-0.3, -0.25) is 4.79 Å². The van der Waals surface area contributed by atoms with Crippen molar-refractivity contribution in [3.63, 3.8) is 0 Å². The molecule has 2 aromatic carbocycles. The molecule has 0 bridgehead atoms. The molecule has 0 aliphatic heterocycles. The van der Waals surface area contributed by atoms with Crippen molar-refractivity contribution in [1.82, 2.24) is 5.32 Å². The first-order chi connectivity index (χ1) is 10.0. The lowest BCUT2D eigenvalue weighted by Crippen LogP contribution is -2.27. The first kappa shape index (κ1) is 16.3. The fourth-order valence-electron chi connectivity index (χ4n) is 1.92. The van der Waals surface area contributed by atoms with Crippen LogP contribution >= 0.6 is 38.5 Å². The molecular weight excluding hydrogens is 445 g/mol. The smallest absolute Gasteiger partial charge is 0.252 e. The number of methoxy groups -OCH3 is 1. The minimum atomic E-state index is -0.0938.